The van der Waals surface area contributed by atoms with Gasteiger partial charge in [-0.25, -0.2) is 0 Å². The lowest BCUT2D eigenvalue weighted by molar-refractivity contribution is 0.116. The summed E-state index contributed by atoms with van der Waals surface area (Å²) in [4.78, 5) is 0. The van der Waals surface area contributed by atoms with Crippen LogP contribution in [0.1, 0.15) is 20.8 Å². The van der Waals surface area contributed by atoms with Crippen LogP contribution in [-0.2, 0) is 13.6 Å². The lowest BCUT2D eigenvalue weighted by Crippen LogP contribution is -2.14. The van der Waals surface area contributed by atoms with Crippen molar-refractivity contribution in [3.05, 3.63) is 0 Å². The van der Waals surface area contributed by atoms with Gasteiger partial charge in [0.1, 0.15) is 0 Å². The van der Waals surface area contributed by atoms with Gasteiger partial charge in [-0.3, -0.25) is 4.57 Å². The maximum atomic E-state index is 10.6. The van der Waals surface area contributed by atoms with Crippen molar-refractivity contribution >= 4 is 8.25 Å². The van der Waals surface area contributed by atoms with Crippen LogP contribution in [0.5, 0.6) is 0 Å². The van der Waals surface area contributed by atoms with E-state index in [0.29, 0.717) is 0 Å². The first-order valence-corrected chi connectivity index (χ1v) is 3.95. The average molecular weight is 152 g/mol. The first-order valence-electron chi connectivity index (χ1n) is 2.72. The highest BCUT2D eigenvalue weighted by atomic mass is 31.1. The average Bonchev–Trinajstić information content (AvgIpc) is 1.62. The molecule has 0 aliphatic rings. The fourth-order valence-electron chi connectivity index (χ4n) is 0.292. The van der Waals surface area contributed by atoms with E-state index in [4.69, 9.17) is 4.52 Å². The number of hydrogen-bond donors (Lipinski definition) is 0. The minimum Gasteiger partial charge on any atom is -0.314 e. The highest BCUT2D eigenvalue weighted by Crippen LogP contribution is 2.29. The van der Waals surface area contributed by atoms with Crippen LogP contribution in [0.3, 0.4) is 0 Å². The van der Waals surface area contributed by atoms with E-state index in [9.17, 15) is 4.57 Å². The second-order valence-electron chi connectivity index (χ2n) is 2.67. The Labute approximate surface area is 56.3 Å². The van der Waals surface area contributed by atoms with E-state index in [-0.39, 0.29) is 5.60 Å². The van der Waals surface area contributed by atoms with Crippen LogP contribution in [0.2, 0.25) is 0 Å². The van der Waals surface area contributed by atoms with Crippen molar-refractivity contribution < 1.29 is 13.6 Å². The lowest BCUT2D eigenvalue weighted by Gasteiger charge is -2.17. The third-order valence-electron chi connectivity index (χ3n) is 0.556. The molecule has 0 aromatic heterocycles. The summed E-state index contributed by atoms with van der Waals surface area (Å²) < 4.78 is 19.9. The van der Waals surface area contributed by atoms with Gasteiger partial charge < -0.3 is 9.05 Å². The Morgan fingerprint density at radius 3 is 1.89 bits per heavy atom. The molecular weight excluding hydrogens is 139 g/mol. The normalized spacial score (nSPS) is 15.6. The summed E-state index contributed by atoms with van der Waals surface area (Å²) in [6.07, 6.45) is 0. The van der Waals surface area contributed by atoms with Crippen molar-refractivity contribution in [3.8, 4) is 0 Å². The van der Waals surface area contributed by atoms with E-state index in [1.807, 2.05) is 20.8 Å². The van der Waals surface area contributed by atoms with Gasteiger partial charge in [-0.1, -0.05) is 0 Å². The molecule has 0 fully saturated rings. The summed E-state index contributed by atoms with van der Waals surface area (Å²) in [6, 6.07) is 0. The zero-order valence-corrected chi connectivity index (χ0v) is 7.22. The van der Waals surface area contributed by atoms with Crippen molar-refractivity contribution in [2.24, 2.45) is 0 Å². The summed E-state index contributed by atoms with van der Waals surface area (Å²) >= 11 is 0. The van der Waals surface area contributed by atoms with E-state index in [2.05, 4.69) is 4.52 Å². The fourth-order valence-corrected chi connectivity index (χ4v) is 0.875. The summed E-state index contributed by atoms with van der Waals surface area (Å²) in [5, 5.41) is 0. The van der Waals surface area contributed by atoms with Crippen LogP contribution in [0.15, 0.2) is 0 Å². The molecular formula is C5H13O3P. The van der Waals surface area contributed by atoms with Crippen LogP contribution in [0.25, 0.3) is 0 Å². The molecule has 0 aliphatic heterocycles. The Bertz CT molecular complexity index is 105. The molecule has 0 saturated carbocycles. The maximum Gasteiger partial charge on any atom is 0.319 e. The van der Waals surface area contributed by atoms with Crippen molar-refractivity contribution in [3.63, 3.8) is 0 Å². The predicted molar refractivity (Wildman–Crippen MR) is 36.8 cm³/mol. The fraction of sp³-hybridized carbons (Fsp3) is 1.00. The summed E-state index contributed by atoms with van der Waals surface area (Å²) in [5.41, 5.74) is -0.369. The largest absolute Gasteiger partial charge is 0.319 e. The molecule has 0 radical (unpaired) electrons. The Morgan fingerprint density at radius 2 is 1.78 bits per heavy atom. The summed E-state index contributed by atoms with van der Waals surface area (Å²) in [7, 11) is -0.868. The van der Waals surface area contributed by atoms with E-state index < -0.39 is 8.25 Å². The van der Waals surface area contributed by atoms with Crippen LogP contribution in [-0.4, -0.2) is 12.7 Å². The van der Waals surface area contributed by atoms with Gasteiger partial charge in [-0.15, -0.1) is 0 Å². The van der Waals surface area contributed by atoms with Gasteiger partial charge in [0, 0.05) is 7.11 Å². The highest BCUT2D eigenvalue weighted by Gasteiger charge is 2.13. The first kappa shape index (κ1) is 9.15. The molecule has 1 unspecified atom stereocenters. The maximum absolute atomic E-state index is 10.6. The quantitative estimate of drug-likeness (QED) is 0.566. The van der Waals surface area contributed by atoms with Crippen LogP contribution >= 0.6 is 8.25 Å². The molecule has 0 aromatic rings. The second kappa shape index (κ2) is 3.35. The van der Waals surface area contributed by atoms with Gasteiger partial charge in [-0.2, -0.15) is 0 Å². The van der Waals surface area contributed by atoms with Gasteiger partial charge in [-0.05, 0) is 20.8 Å². The smallest absolute Gasteiger partial charge is 0.314 e. The number of hydrogen-bond acceptors (Lipinski definition) is 3. The molecule has 56 valence electrons. The first-order chi connectivity index (χ1) is 3.95. The summed E-state index contributed by atoms with van der Waals surface area (Å²) in [6.45, 7) is 5.48. The molecule has 0 spiro atoms. The molecule has 4 heteroatoms. The molecule has 0 amide bonds. The highest BCUT2D eigenvalue weighted by molar-refractivity contribution is 7.33. The Hall–Kier alpha value is 0.150. The van der Waals surface area contributed by atoms with Crippen LogP contribution in [0.4, 0.5) is 0 Å². The molecule has 9 heavy (non-hydrogen) atoms. The third kappa shape index (κ3) is 6.03. The molecule has 3 nitrogen and oxygen atoms in total. The van der Waals surface area contributed by atoms with Gasteiger partial charge in [0.15, 0.2) is 0 Å². The molecule has 0 bridgehead atoms. The van der Waals surface area contributed by atoms with Crippen molar-refractivity contribution in [2.45, 2.75) is 26.4 Å². The van der Waals surface area contributed by atoms with E-state index in [0.717, 1.165) is 0 Å². The van der Waals surface area contributed by atoms with E-state index in [1.165, 1.54) is 7.11 Å². The van der Waals surface area contributed by atoms with Gasteiger partial charge in [0.25, 0.3) is 0 Å². The van der Waals surface area contributed by atoms with Gasteiger partial charge in [0.2, 0.25) is 0 Å². The van der Waals surface area contributed by atoms with Crippen molar-refractivity contribution in [1.82, 2.24) is 0 Å². The molecule has 0 rings (SSSR count). The Balaban J connectivity index is 3.60. The van der Waals surface area contributed by atoms with Crippen LogP contribution in [0, 0.1) is 0 Å². The van der Waals surface area contributed by atoms with Gasteiger partial charge in [0.05, 0.1) is 5.60 Å². The van der Waals surface area contributed by atoms with Crippen molar-refractivity contribution in [1.29, 1.82) is 0 Å². The molecule has 0 saturated heterocycles. The third-order valence-corrected chi connectivity index (χ3v) is 1.67. The second-order valence-corrected chi connectivity index (χ2v) is 3.78. The zero-order chi connectivity index (χ0) is 7.49. The molecule has 0 N–H and O–H groups in total. The zero-order valence-electron chi connectivity index (χ0n) is 6.22. The van der Waals surface area contributed by atoms with Crippen molar-refractivity contribution in [2.75, 3.05) is 7.11 Å². The topological polar surface area (TPSA) is 35.5 Å². The minimum absolute atomic E-state index is 0.369. The van der Waals surface area contributed by atoms with Crippen LogP contribution < -0.4 is 0 Å². The lowest BCUT2D eigenvalue weighted by atomic mass is 10.2. The molecule has 0 heterocycles. The molecule has 0 aromatic carbocycles. The Kier molecular flexibility index (Phi) is 3.41. The monoisotopic (exact) mass is 152 g/mol. The van der Waals surface area contributed by atoms with E-state index in [1.54, 1.807) is 0 Å². The number of rotatable bonds is 2. The minimum atomic E-state index is -2.24. The Morgan fingerprint density at radius 1 is 1.33 bits per heavy atom. The summed E-state index contributed by atoms with van der Waals surface area (Å²) in [5.74, 6) is 0. The predicted octanol–water partition coefficient (Wildman–Crippen LogP) is 1.84. The standard InChI is InChI=1S/C5H13O3P/c1-5(2,3)8-9(6)7-4/h9H,1-4H3. The van der Waals surface area contributed by atoms with E-state index >= 15 is 0 Å². The molecule has 1 atom stereocenters. The SMILES string of the molecule is CO[PH](=O)OC(C)(C)C. The van der Waals surface area contributed by atoms with Gasteiger partial charge >= 0.3 is 8.25 Å². The molecule has 0 aliphatic carbocycles.